The maximum Gasteiger partial charge on any atom is 0.241 e. The van der Waals surface area contributed by atoms with E-state index in [-0.39, 0.29) is 5.91 Å². The SMILES string of the molecule is CC[C@@H](N)C(=O)Nc1ccc(-n2cnnn2)cc1. The van der Waals surface area contributed by atoms with Crippen LogP contribution in [-0.4, -0.2) is 32.2 Å². The lowest BCUT2D eigenvalue weighted by molar-refractivity contribution is -0.117. The number of amides is 1. The molecule has 1 aromatic carbocycles. The lowest BCUT2D eigenvalue weighted by atomic mass is 10.2. The van der Waals surface area contributed by atoms with Gasteiger partial charge in [-0.15, -0.1) is 5.10 Å². The van der Waals surface area contributed by atoms with Crippen LogP contribution in [-0.2, 0) is 4.79 Å². The zero-order chi connectivity index (χ0) is 13.0. The minimum atomic E-state index is -0.482. The molecule has 0 unspecified atom stereocenters. The highest BCUT2D eigenvalue weighted by molar-refractivity contribution is 5.94. The minimum absolute atomic E-state index is 0.187. The van der Waals surface area contributed by atoms with E-state index in [1.807, 2.05) is 19.1 Å². The third-order valence-corrected chi connectivity index (χ3v) is 2.52. The summed E-state index contributed by atoms with van der Waals surface area (Å²) in [4.78, 5) is 11.6. The molecule has 2 aromatic rings. The Balaban J connectivity index is 2.06. The molecule has 0 saturated heterocycles. The fraction of sp³-hybridized carbons (Fsp3) is 0.273. The number of anilines is 1. The summed E-state index contributed by atoms with van der Waals surface area (Å²) in [6.45, 7) is 1.87. The van der Waals surface area contributed by atoms with E-state index in [0.29, 0.717) is 12.1 Å². The van der Waals surface area contributed by atoms with Crippen LogP contribution in [0.2, 0.25) is 0 Å². The summed E-state index contributed by atoms with van der Waals surface area (Å²) in [5.74, 6) is -0.187. The Kier molecular flexibility index (Phi) is 3.63. The van der Waals surface area contributed by atoms with Gasteiger partial charge in [0.15, 0.2) is 0 Å². The molecule has 1 heterocycles. The number of nitrogens with zero attached hydrogens (tertiary/aromatic N) is 4. The molecule has 0 bridgehead atoms. The van der Waals surface area contributed by atoms with E-state index >= 15 is 0 Å². The predicted octanol–water partition coefficient (Wildman–Crippen LogP) is 0.338. The molecule has 0 spiro atoms. The van der Waals surface area contributed by atoms with Gasteiger partial charge in [0.1, 0.15) is 6.33 Å². The second-order valence-corrected chi connectivity index (χ2v) is 3.81. The monoisotopic (exact) mass is 246 g/mol. The number of benzene rings is 1. The standard InChI is InChI=1S/C11H14N6O/c1-2-10(12)11(18)14-8-3-5-9(6-4-8)17-7-13-15-16-17/h3-7,10H,2,12H2,1H3,(H,14,18)/t10-/m1/s1. The number of rotatable bonds is 4. The van der Waals surface area contributed by atoms with Crippen LogP contribution >= 0.6 is 0 Å². The molecule has 0 fully saturated rings. The third kappa shape index (κ3) is 2.69. The molecule has 2 rings (SSSR count). The molecule has 94 valence electrons. The van der Waals surface area contributed by atoms with Crippen molar-refractivity contribution in [2.75, 3.05) is 5.32 Å². The Morgan fingerprint density at radius 3 is 2.72 bits per heavy atom. The Morgan fingerprint density at radius 2 is 2.17 bits per heavy atom. The molecule has 1 amide bonds. The number of tetrazole rings is 1. The van der Waals surface area contributed by atoms with Crippen LogP contribution in [0.3, 0.4) is 0 Å². The minimum Gasteiger partial charge on any atom is -0.325 e. The van der Waals surface area contributed by atoms with Crippen LogP contribution in [0.5, 0.6) is 0 Å². The molecule has 0 radical (unpaired) electrons. The van der Waals surface area contributed by atoms with Crippen molar-refractivity contribution in [3.63, 3.8) is 0 Å². The van der Waals surface area contributed by atoms with E-state index in [0.717, 1.165) is 5.69 Å². The highest BCUT2D eigenvalue weighted by Crippen LogP contribution is 2.12. The first kappa shape index (κ1) is 12.2. The molecule has 1 atom stereocenters. The third-order valence-electron chi connectivity index (χ3n) is 2.52. The van der Waals surface area contributed by atoms with E-state index in [9.17, 15) is 4.79 Å². The lowest BCUT2D eigenvalue weighted by Crippen LogP contribution is -2.34. The summed E-state index contributed by atoms with van der Waals surface area (Å²) in [7, 11) is 0. The summed E-state index contributed by atoms with van der Waals surface area (Å²) in [6.07, 6.45) is 2.11. The van der Waals surface area contributed by atoms with E-state index in [1.165, 1.54) is 11.0 Å². The first-order chi connectivity index (χ1) is 8.70. The number of aromatic nitrogens is 4. The van der Waals surface area contributed by atoms with Crippen LogP contribution in [0.25, 0.3) is 5.69 Å². The van der Waals surface area contributed by atoms with Crippen LogP contribution < -0.4 is 11.1 Å². The van der Waals surface area contributed by atoms with Gasteiger partial charge in [-0.05, 0) is 41.1 Å². The number of nitrogens with one attached hydrogen (secondary N) is 1. The average Bonchev–Trinajstić information content (AvgIpc) is 2.92. The maximum atomic E-state index is 11.6. The van der Waals surface area contributed by atoms with Gasteiger partial charge in [-0.3, -0.25) is 4.79 Å². The number of hydrogen-bond acceptors (Lipinski definition) is 5. The second kappa shape index (κ2) is 5.37. The van der Waals surface area contributed by atoms with Crippen molar-refractivity contribution in [1.29, 1.82) is 0 Å². The van der Waals surface area contributed by atoms with Gasteiger partial charge in [0.2, 0.25) is 5.91 Å². The van der Waals surface area contributed by atoms with Crippen LogP contribution in [0.4, 0.5) is 5.69 Å². The van der Waals surface area contributed by atoms with Gasteiger partial charge in [-0.2, -0.15) is 0 Å². The van der Waals surface area contributed by atoms with Crippen molar-refractivity contribution in [1.82, 2.24) is 20.2 Å². The Labute approximate surface area is 104 Å². The summed E-state index contributed by atoms with van der Waals surface area (Å²) in [5, 5.41) is 13.6. The fourth-order valence-corrected chi connectivity index (χ4v) is 1.40. The van der Waals surface area contributed by atoms with E-state index in [4.69, 9.17) is 5.73 Å². The molecule has 18 heavy (non-hydrogen) atoms. The fourth-order valence-electron chi connectivity index (χ4n) is 1.40. The number of nitrogens with two attached hydrogens (primary N) is 1. The quantitative estimate of drug-likeness (QED) is 0.810. The van der Waals surface area contributed by atoms with Gasteiger partial charge < -0.3 is 11.1 Å². The highest BCUT2D eigenvalue weighted by atomic mass is 16.2. The molecule has 7 nitrogen and oxygen atoms in total. The van der Waals surface area contributed by atoms with E-state index in [2.05, 4.69) is 20.8 Å². The lowest BCUT2D eigenvalue weighted by Gasteiger charge is -2.10. The van der Waals surface area contributed by atoms with E-state index < -0.39 is 6.04 Å². The van der Waals surface area contributed by atoms with Gasteiger partial charge >= 0.3 is 0 Å². The number of carbonyl (C=O) groups is 1. The van der Waals surface area contributed by atoms with Gasteiger partial charge in [0.05, 0.1) is 11.7 Å². The zero-order valence-electron chi connectivity index (χ0n) is 9.95. The van der Waals surface area contributed by atoms with Crippen molar-refractivity contribution in [2.45, 2.75) is 19.4 Å². The van der Waals surface area contributed by atoms with Crippen LogP contribution in [0.15, 0.2) is 30.6 Å². The largest absolute Gasteiger partial charge is 0.325 e. The van der Waals surface area contributed by atoms with Crippen molar-refractivity contribution in [2.24, 2.45) is 5.73 Å². The number of carbonyl (C=O) groups excluding carboxylic acids is 1. The Morgan fingerprint density at radius 1 is 1.44 bits per heavy atom. The maximum absolute atomic E-state index is 11.6. The van der Waals surface area contributed by atoms with Gasteiger partial charge in [-0.25, -0.2) is 4.68 Å². The van der Waals surface area contributed by atoms with Gasteiger partial charge in [-0.1, -0.05) is 6.92 Å². The van der Waals surface area contributed by atoms with Crippen molar-refractivity contribution >= 4 is 11.6 Å². The van der Waals surface area contributed by atoms with Crippen LogP contribution in [0.1, 0.15) is 13.3 Å². The van der Waals surface area contributed by atoms with E-state index in [1.54, 1.807) is 12.1 Å². The predicted molar refractivity (Wildman–Crippen MR) is 66.1 cm³/mol. The molecule has 7 heteroatoms. The smallest absolute Gasteiger partial charge is 0.241 e. The molecular weight excluding hydrogens is 232 g/mol. The first-order valence-corrected chi connectivity index (χ1v) is 5.60. The summed E-state index contributed by atoms with van der Waals surface area (Å²) in [6, 6.07) is 6.69. The Hall–Kier alpha value is -2.28. The topological polar surface area (TPSA) is 98.7 Å². The van der Waals surface area contributed by atoms with Crippen molar-refractivity contribution in [3.05, 3.63) is 30.6 Å². The Bertz CT molecular complexity index is 507. The van der Waals surface area contributed by atoms with Crippen molar-refractivity contribution in [3.8, 4) is 5.69 Å². The molecular formula is C11H14N6O. The molecule has 0 aliphatic heterocycles. The molecule has 1 aromatic heterocycles. The van der Waals surface area contributed by atoms with Gasteiger partial charge in [0.25, 0.3) is 0 Å². The van der Waals surface area contributed by atoms with Crippen LogP contribution in [0, 0.1) is 0 Å². The average molecular weight is 246 g/mol. The molecule has 0 saturated carbocycles. The summed E-state index contributed by atoms with van der Waals surface area (Å²) < 4.78 is 1.53. The zero-order valence-corrected chi connectivity index (χ0v) is 9.95. The molecule has 3 N–H and O–H groups in total. The highest BCUT2D eigenvalue weighted by Gasteiger charge is 2.10. The number of hydrogen-bond donors (Lipinski definition) is 2. The molecule has 0 aliphatic rings. The normalized spacial score (nSPS) is 12.1. The summed E-state index contributed by atoms with van der Waals surface area (Å²) >= 11 is 0. The summed E-state index contributed by atoms with van der Waals surface area (Å²) in [5.41, 5.74) is 7.14. The second-order valence-electron chi connectivity index (χ2n) is 3.81. The van der Waals surface area contributed by atoms with Gasteiger partial charge in [0, 0.05) is 5.69 Å². The molecule has 0 aliphatic carbocycles. The first-order valence-electron chi connectivity index (χ1n) is 5.60. The van der Waals surface area contributed by atoms with Crippen molar-refractivity contribution < 1.29 is 4.79 Å².